The Morgan fingerprint density at radius 1 is 1.00 bits per heavy atom. The topological polar surface area (TPSA) is 39.3 Å². The molecule has 3 aromatic rings. The molecule has 1 N–H and O–H groups in total. The van der Waals surface area contributed by atoms with Crippen LogP contribution >= 0.6 is 0 Å². The van der Waals surface area contributed by atoms with Gasteiger partial charge in [-0.2, -0.15) is 0 Å². The number of hydrogen-bond donors (Lipinski definition) is 1. The summed E-state index contributed by atoms with van der Waals surface area (Å²) in [5.74, 6) is 0.521. The van der Waals surface area contributed by atoms with Crippen molar-refractivity contribution in [3.05, 3.63) is 71.9 Å². The second-order valence-corrected chi connectivity index (χ2v) is 8.03. The van der Waals surface area contributed by atoms with E-state index in [1.165, 1.54) is 16.5 Å². The number of hydrogen-bond acceptors (Lipinski definition) is 2. The molecule has 1 amide bonds. The summed E-state index contributed by atoms with van der Waals surface area (Å²) in [6.07, 6.45) is 4.66. The molecule has 2 aromatic carbocycles. The van der Waals surface area contributed by atoms with Gasteiger partial charge in [0.05, 0.1) is 0 Å². The van der Waals surface area contributed by atoms with E-state index in [-0.39, 0.29) is 5.92 Å². The number of rotatable bonds is 7. The molecule has 1 fully saturated rings. The summed E-state index contributed by atoms with van der Waals surface area (Å²) >= 11 is 0. The highest BCUT2D eigenvalue weighted by atomic mass is 16.2. The Hall–Kier alpha value is -2.59. The SMILES string of the molecule is CCN1CCN(C(=O)C[C@H](CCc2ccccc2)c2c[nH]c3ccccc23)CC1. The van der Waals surface area contributed by atoms with Crippen LogP contribution in [-0.4, -0.2) is 53.4 Å². The van der Waals surface area contributed by atoms with Crippen molar-refractivity contribution >= 4 is 16.8 Å². The fourth-order valence-corrected chi connectivity index (χ4v) is 4.44. The van der Waals surface area contributed by atoms with Gasteiger partial charge in [0, 0.05) is 49.7 Å². The van der Waals surface area contributed by atoms with Crippen molar-refractivity contribution in [3.8, 4) is 0 Å². The first-order valence-electron chi connectivity index (χ1n) is 10.8. The van der Waals surface area contributed by atoms with Crippen LogP contribution < -0.4 is 0 Å². The number of aryl methyl sites for hydroxylation is 1. The molecule has 1 saturated heterocycles. The average Bonchev–Trinajstić information content (AvgIpc) is 3.21. The van der Waals surface area contributed by atoms with E-state index in [0.717, 1.165) is 51.1 Å². The highest BCUT2D eigenvalue weighted by molar-refractivity contribution is 5.85. The lowest BCUT2D eigenvalue weighted by molar-refractivity contribution is -0.133. The molecule has 1 atom stereocenters. The summed E-state index contributed by atoms with van der Waals surface area (Å²) in [7, 11) is 0. The maximum Gasteiger partial charge on any atom is 0.223 e. The van der Waals surface area contributed by atoms with Crippen molar-refractivity contribution in [3.63, 3.8) is 0 Å². The van der Waals surface area contributed by atoms with Gasteiger partial charge >= 0.3 is 0 Å². The smallest absolute Gasteiger partial charge is 0.223 e. The maximum atomic E-state index is 13.1. The predicted octanol–water partition coefficient (Wildman–Crippen LogP) is 4.44. The lowest BCUT2D eigenvalue weighted by Crippen LogP contribution is -2.48. The van der Waals surface area contributed by atoms with Gasteiger partial charge < -0.3 is 14.8 Å². The van der Waals surface area contributed by atoms with Gasteiger partial charge in [0.25, 0.3) is 0 Å². The normalized spacial score (nSPS) is 16.2. The number of H-pyrrole nitrogens is 1. The number of aromatic amines is 1. The molecule has 0 spiro atoms. The Balaban J connectivity index is 1.51. The zero-order valence-corrected chi connectivity index (χ0v) is 17.3. The van der Waals surface area contributed by atoms with Crippen LogP contribution in [0, 0.1) is 0 Å². The molecule has 29 heavy (non-hydrogen) atoms. The number of likely N-dealkylation sites (N-methyl/N-ethyl adjacent to an activating group) is 1. The number of amides is 1. The molecular weight excluding hydrogens is 358 g/mol. The number of fused-ring (bicyclic) bond motifs is 1. The van der Waals surface area contributed by atoms with Crippen molar-refractivity contribution in [2.75, 3.05) is 32.7 Å². The number of nitrogens with one attached hydrogen (secondary N) is 1. The molecule has 152 valence electrons. The molecule has 0 aliphatic carbocycles. The van der Waals surface area contributed by atoms with Crippen molar-refractivity contribution in [2.45, 2.75) is 32.1 Å². The molecule has 4 rings (SSSR count). The van der Waals surface area contributed by atoms with Gasteiger partial charge in [0.1, 0.15) is 0 Å². The molecular formula is C25H31N3O. The lowest BCUT2D eigenvalue weighted by atomic mass is 9.89. The van der Waals surface area contributed by atoms with Crippen molar-refractivity contribution in [1.82, 2.24) is 14.8 Å². The molecule has 0 unspecified atom stereocenters. The second-order valence-electron chi connectivity index (χ2n) is 8.03. The second kappa shape index (κ2) is 9.27. The van der Waals surface area contributed by atoms with Gasteiger partial charge in [-0.25, -0.2) is 0 Å². The number of carbonyl (C=O) groups is 1. The number of benzene rings is 2. The molecule has 0 bridgehead atoms. The van der Waals surface area contributed by atoms with Crippen LogP contribution in [0.3, 0.4) is 0 Å². The number of aromatic nitrogens is 1. The number of piperazine rings is 1. The van der Waals surface area contributed by atoms with Crippen LogP contribution in [0.25, 0.3) is 10.9 Å². The summed E-state index contributed by atoms with van der Waals surface area (Å²) in [6.45, 7) is 6.94. The Morgan fingerprint density at radius 2 is 1.72 bits per heavy atom. The first-order chi connectivity index (χ1) is 14.2. The van der Waals surface area contributed by atoms with E-state index in [2.05, 4.69) is 82.5 Å². The lowest BCUT2D eigenvalue weighted by Gasteiger charge is -2.34. The largest absolute Gasteiger partial charge is 0.361 e. The van der Waals surface area contributed by atoms with Gasteiger partial charge in [0.15, 0.2) is 0 Å². The van der Waals surface area contributed by atoms with Crippen molar-refractivity contribution in [2.24, 2.45) is 0 Å². The van der Waals surface area contributed by atoms with E-state index in [1.807, 2.05) is 0 Å². The molecule has 2 heterocycles. The predicted molar refractivity (Wildman–Crippen MR) is 119 cm³/mol. The monoisotopic (exact) mass is 389 g/mol. The van der Waals surface area contributed by atoms with E-state index >= 15 is 0 Å². The van der Waals surface area contributed by atoms with Crippen LogP contribution in [0.1, 0.15) is 36.8 Å². The average molecular weight is 390 g/mol. The Bertz CT molecular complexity index is 925. The van der Waals surface area contributed by atoms with E-state index in [9.17, 15) is 4.79 Å². The fourth-order valence-electron chi connectivity index (χ4n) is 4.44. The fraction of sp³-hybridized carbons (Fsp3) is 0.400. The number of nitrogens with zero attached hydrogens (tertiary/aromatic N) is 2. The van der Waals surface area contributed by atoms with Crippen LogP contribution in [0.4, 0.5) is 0 Å². The quantitative estimate of drug-likeness (QED) is 0.649. The molecule has 4 heteroatoms. The third-order valence-corrected chi connectivity index (χ3v) is 6.28. The van der Waals surface area contributed by atoms with Gasteiger partial charge in [0.2, 0.25) is 5.91 Å². The standard InChI is InChI=1S/C25H31N3O/c1-2-27-14-16-28(17-15-27)25(29)18-21(13-12-20-8-4-3-5-9-20)23-19-26-24-11-7-6-10-22(23)24/h3-11,19,21,26H,2,12-18H2,1H3/t21-/m0/s1. The van der Waals surface area contributed by atoms with Crippen LogP contribution in [0.5, 0.6) is 0 Å². The molecule has 1 aliphatic rings. The molecule has 0 radical (unpaired) electrons. The third-order valence-electron chi connectivity index (χ3n) is 6.28. The van der Waals surface area contributed by atoms with E-state index in [0.29, 0.717) is 12.3 Å². The maximum absolute atomic E-state index is 13.1. The highest BCUT2D eigenvalue weighted by Gasteiger charge is 2.25. The molecule has 1 aromatic heterocycles. The van der Waals surface area contributed by atoms with E-state index in [4.69, 9.17) is 0 Å². The van der Waals surface area contributed by atoms with Crippen LogP contribution in [0.15, 0.2) is 60.8 Å². The van der Waals surface area contributed by atoms with Crippen molar-refractivity contribution in [1.29, 1.82) is 0 Å². The van der Waals surface area contributed by atoms with Gasteiger partial charge in [-0.05, 0) is 42.5 Å². The summed E-state index contributed by atoms with van der Waals surface area (Å²) in [6, 6.07) is 19.0. The number of carbonyl (C=O) groups excluding carboxylic acids is 1. The Labute approximate surface area is 173 Å². The van der Waals surface area contributed by atoms with Crippen LogP contribution in [0.2, 0.25) is 0 Å². The minimum atomic E-state index is 0.225. The van der Waals surface area contributed by atoms with Gasteiger partial charge in [-0.15, -0.1) is 0 Å². The molecule has 1 aliphatic heterocycles. The molecule has 0 saturated carbocycles. The minimum absolute atomic E-state index is 0.225. The Kier molecular flexibility index (Phi) is 6.30. The zero-order chi connectivity index (χ0) is 20.1. The summed E-state index contributed by atoms with van der Waals surface area (Å²) in [5.41, 5.74) is 3.76. The van der Waals surface area contributed by atoms with Gasteiger partial charge in [-0.1, -0.05) is 55.5 Å². The van der Waals surface area contributed by atoms with E-state index < -0.39 is 0 Å². The third kappa shape index (κ3) is 4.70. The number of para-hydroxylation sites is 1. The summed E-state index contributed by atoms with van der Waals surface area (Å²) in [4.78, 5) is 21.0. The van der Waals surface area contributed by atoms with Crippen molar-refractivity contribution < 1.29 is 4.79 Å². The first kappa shape index (κ1) is 19.7. The van der Waals surface area contributed by atoms with Crippen LogP contribution in [-0.2, 0) is 11.2 Å². The van der Waals surface area contributed by atoms with Gasteiger partial charge in [-0.3, -0.25) is 4.79 Å². The van der Waals surface area contributed by atoms with E-state index in [1.54, 1.807) is 0 Å². The summed E-state index contributed by atoms with van der Waals surface area (Å²) in [5, 5.41) is 1.24. The Morgan fingerprint density at radius 3 is 2.48 bits per heavy atom. The molecule has 4 nitrogen and oxygen atoms in total. The zero-order valence-electron chi connectivity index (χ0n) is 17.3. The summed E-state index contributed by atoms with van der Waals surface area (Å²) < 4.78 is 0. The minimum Gasteiger partial charge on any atom is -0.361 e. The first-order valence-corrected chi connectivity index (χ1v) is 10.8. The highest BCUT2D eigenvalue weighted by Crippen LogP contribution is 2.32.